The molecule has 0 aliphatic heterocycles. The van der Waals surface area contributed by atoms with Gasteiger partial charge < -0.3 is 29.6 Å². The Hall–Kier alpha value is -2.36. The Bertz CT molecular complexity index is 815. The van der Waals surface area contributed by atoms with Crippen LogP contribution < -0.4 is 29.6 Å². The lowest BCUT2D eigenvalue weighted by molar-refractivity contribution is 0.322. The van der Waals surface area contributed by atoms with Gasteiger partial charge in [0.05, 0.1) is 27.9 Å². The highest BCUT2D eigenvalue weighted by Crippen LogP contribution is 2.39. The van der Waals surface area contributed by atoms with E-state index in [1.807, 2.05) is 43.3 Å². The van der Waals surface area contributed by atoms with Gasteiger partial charge in [0.15, 0.2) is 17.5 Å². The van der Waals surface area contributed by atoms with E-state index in [0.29, 0.717) is 36.9 Å². The summed E-state index contributed by atoms with van der Waals surface area (Å²) in [7, 11) is 6.59. The van der Waals surface area contributed by atoms with Gasteiger partial charge in [0.1, 0.15) is 5.75 Å². The van der Waals surface area contributed by atoms with Crippen LogP contribution in [0.4, 0.5) is 0 Å². The van der Waals surface area contributed by atoms with Crippen LogP contribution in [0.25, 0.3) is 0 Å². The molecular formula is C22H32IN3O4. The molecule has 0 aliphatic rings. The smallest absolute Gasteiger partial charge is 0.203 e. The molecule has 2 aromatic rings. The zero-order chi connectivity index (χ0) is 21.1. The monoisotopic (exact) mass is 529 g/mol. The van der Waals surface area contributed by atoms with Gasteiger partial charge in [0, 0.05) is 31.3 Å². The number of rotatable bonds is 10. The first-order valence-electron chi connectivity index (χ1n) is 9.61. The number of nitrogens with zero attached hydrogens (tertiary/aromatic N) is 1. The van der Waals surface area contributed by atoms with Crippen molar-refractivity contribution >= 4 is 29.9 Å². The van der Waals surface area contributed by atoms with E-state index >= 15 is 0 Å². The number of hydrogen-bond donors (Lipinski definition) is 2. The summed E-state index contributed by atoms with van der Waals surface area (Å²) in [5.41, 5.74) is 2.11. The van der Waals surface area contributed by atoms with Gasteiger partial charge in [-0.3, -0.25) is 4.99 Å². The van der Waals surface area contributed by atoms with Gasteiger partial charge in [0.25, 0.3) is 0 Å². The number of hydrogen-bond acceptors (Lipinski definition) is 5. The quantitative estimate of drug-likeness (QED) is 0.278. The maximum atomic E-state index is 5.67. The Balaban J connectivity index is 0.00000450. The van der Waals surface area contributed by atoms with Gasteiger partial charge in [0.2, 0.25) is 5.75 Å². The molecule has 0 bridgehead atoms. The Morgan fingerprint density at radius 3 is 2.23 bits per heavy atom. The summed E-state index contributed by atoms with van der Waals surface area (Å²) < 4.78 is 22.0. The van der Waals surface area contributed by atoms with Crippen molar-refractivity contribution in [2.24, 2.45) is 4.99 Å². The topological polar surface area (TPSA) is 73.3 Å². The number of benzene rings is 2. The van der Waals surface area contributed by atoms with E-state index in [9.17, 15) is 0 Å². The first kappa shape index (κ1) is 25.7. The highest BCUT2D eigenvalue weighted by molar-refractivity contribution is 14.0. The molecule has 0 saturated carbocycles. The maximum absolute atomic E-state index is 5.67. The van der Waals surface area contributed by atoms with Crippen molar-refractivity contribution in [3.05, 3.63) is 47.5 Å². The van der Waals surface area contributed by atoms with E-state index in [4.69, 9.17) is 18.9 Å². The van der Waals surface area contributed by atoms with Crippen LogP contribution in [0.5, 0.6) is 23.0 Å². The Labute approximate surface area is 196 Å². The fourth-order valence-electron chi connectivity index (χ4n) is 3.02. The predicted molar refractivity (Wildman–Crippen MR) is 131 cm³/mol. The van der Waals surface area contributed by atoms with Crippen LogP contribution in [0.3, 0.4) is 0 Å². The molecule has 8 heteroatoms. The lowest BCUT2D eigenvalue weighted by Gasteiger charge is -2.17. The number of nitrogens with one attached hydrogen (secondary N) is 2. The van der Waals surface area contributed by atoms with Gasteiger partial charge in [-0.2, -0.15) is 0 Å². The largest absolute Gasteiger partial charge is 0.494 e. The maximum Gasteiger partial charge on any atom is 0.203 e. The molecule has 2 aromatic carbocycles. The number of ether oxygens (including phenoxy) is 4. The van der Waals surface area contributed by atoms with Gasteiger partial charge in [-0.25, -0.2) is 0 Å². The highest BCUT2D eigenvalue weighted by Gasteiger charge is 2.15. The van der Waals surface area contributed by atoms with E-state index in [0.717, 1.165) is 29.3 Å². The summed E-state index contributed by atoms with van der Waals surface area (Å²) in [5, 5.41) is 6.65. The average Bonchev–Trinajstić information content (AvgIpc) is 2.76. The van der Waals surface area contributed by atoms with E-state index in [1.54, 1.807) is 28.4 Å². The minimum absolute atomic E-state index is 0. The molecular weight excluding hydrogens is 497 g/mol. The summed E-state index contributed by atoms with van der Waals surface area (Å²) in [6.45, 7) is 3.92. The van der Waals surface area contributed by atoms with Gasteiger partial charge in [-0.1, -0.05) is 24.3 Å². The molecule has 0 amide bonds. The van der Waals surface area contributed by atoms with Crippen LogP contribution in [0.1, 0.15) is 18.1 Å². The molecule has 7 nitrogen and oxygen atoms in total. The van der Waals surface area contributed by atoms with Crippen LogP contribution in [0.2, 0.25) is 0 Å². The van der Waals surface area contributed by atoms with Crippen LogP contribution in [-0.2, 0) is 13.0 Å². The van der Waals surface area contributed by atoms with Crippen molar-refractivity contribution in [1.29, 1.82) is 0 Å². The SMILES string of the molecule is CCOc1ccccc1CNC(=NC)NCCc1ccc(OC)c(OC)c1OC.I. The summed E-state index contributed by atoms with van der Waals surface area (Å²) >= 11 is 0. The van der Waals surface area contributed by atoms with Crippen molar-refractivity contribution < 1.29 is 18.9 Å². The minimum Gasteiger partial charge on any atom is -0.494 e. The Kier molecular flexibility index (Phi) is 11.8. The van der Waals surface area contributed by atoms with Gasteiger partial charge in [-0.05, 0) is 25.5 Å². The molecule has 2 N–H and O–H groups in total. The molecule has 0 spiro atoms. The zero-order valence-electron chi connectivity index (χ0n) is 18.3. The molecule has 2 rings (SSSR count). The second kappa shape index (κ2) is 13.8. The van der Waals surface area contributed by atoms with Crippen molar-refractivity contribution in [1.82, 2.24) is 10.6 Å². The lowest BCUT2D eigenvalue weighted by atomic mass is 10.1. The third kappa shape index (κ3) is 6.86. The van der Waals surface area contributed by atoms with Crippen LogP contribution in [-0.4, -0.2) is 47.5 Å². The van der Waals surface area contributed by atoms with Crippen LogP contribution in [0.15, 0.2) is 41.4 Å². The molecule has 0 saturated heterocycles. The van der Waals surface area contributed by atoms with Crippen molar-refractivity contribution in [2.75, 3.05) is 41.5 Å². The minimum atomic E-state index is 0. The van der Waals surface area contributed by atoms with Crippen LogP contribution in [0, 0.1) is 0 Å². The summed E-state index contributed by atoms with van der Waals surface area (Å²) in [4.78, 5) is 4.29. The number of halogens is 1. The molecule has 0 fully saturated rings. The molecule has 0 aliphatic carbocycles. The van der Waals surface area contributed by atoms with E-state index in [-0.39, 0.29) is 24.0 Å². The highest BCUT2D eigenvalue weighted by atomic mass is 127. The second-order valence-electron chi connectivity index (χ2n) is 6.14. The van der Waals surface area contributed by atoms with Gasteiger partial charge >= 0.3 is 0 Å². The first-order chi connectivity index (χ1) is 14.2. The van der Waals surface area contributed by atoms with Crippen molar-refractivity contribution in [3.8, 4) is 23.0 Å². The zero-order valence-corrected chi connectivity index (χ0v) is 20.6. The van der Waals surface area contributed by atoms with Gasteiger partial charge in [-0.15, -0.1) is 24.0 Å². The van der Waals surface area contributed by atoms with Crippen LogP contribution >= 0.6 is 24.0 Å². The number of para-hydroxylation sites is 1. The predicted octanol–water partition coefficient (Wildman–Crippen LogP) is 3.64. The Morgan fingerprint density at radius 2 is 1.60 bits per heavy atom. The van der Waals surface area contributed by atoms with E-state index in [2.05, 4.69) is 15.6 Å². The normalized spacial score (nSPS) is 10.6. The van der Waals surface area contributed by atoms with E-state index < -0.39 is 0 Å². The van der Waals surface area contributed by atoms with Crippen molar-refractivity contribution in [3.63, 3.8) is 0 Å². The summed E-state index contributed by atoms with van der Waals surface area (Å²) in [6, 6.07) is 11.8. The molecule has 30 heavy (non-hydrogen) atoms. The molecule has 0 aromatic heterocycles. The fraction of sp³-hybridized carbons (Fsp3) is 0.409. The molecule has 0 atom stereocenters. The van der Waals surface area contributed by atoms with E-state index in [1.165, 1.54) is 0 Å². The first-order valence-corrected chi connectivity index (χ1v) is 9.61. The lowest BCUT2D eigenvalue weighted by Crippen LogP contribution is -2.38. The van der Waals surface area contributed by atoms with Crippen molar-refractivity contribution in [2.45, 2.75) is 19.9 Å². The molecule has 166 valence electrons. The number of guanidine groups is 1. The number of aliphatic imine (C=N–C) groups is 1. The third-order valence-corrected chi connectivity index (χ3v) is 4.41. The Morgan fingerprint density at radius 1 is 0.867 bits per heavy atom. The molecule has 0 heterocycles. The number of methoxy groups -OCH3 is 3. The fourth-order valence-corrected chi connectivity index (χ4v) is 3.02. The average molecular weight is 529 g/mol. The molecule has 0 radical (unpaired) electrons. The molecule has 0 unspecified atom stereocenters. The summed E-state index contributed by atoms with van der Waals surface area (Å²) in [5.74, 6) is 3.53. The summed E-state index contributed by atoms with van der Waals surface area (Å²) in [6.07, 6.45) is 0.736. The standard InChI is InChI=1S/C22H31N3O4.HI/c1-6-29-18-10-8-7-9-17(18)15-25-22(23-2)24-14-13-16-11-12-19(26-3)21(28-5)20(16)27-4;/h7-12H,6,13-15H2,1-5H3,(H2,23,24,25);1H. The second-order valence-corrected chi connectivity index (χ2v) is 6.14. The third-order valence-electron chi connectivity index (χ3n) is 4.41.